The molecule has 0 heterocycles. The second-order valence-corrected chi connectivity index (χ2v) is 4.95. The normalized spacial score (nSPS) is 10.5. The summed E-state index contributed by atoms with van der Waals surface area (Å²) in [4.78, 5) is 10.9. The van der Waals surface area contributed by atoms with Crippen molar-refractivity contribution in [3.8, 4) is 0 Å². The first-order chi connectivity index (χ1) is 6.99. The van der Waals surface area contributed by atoms with Crippen molar-refractivity contribution in [2.75, 3.05) is 5.32 Å². The van der Waals surface area contributed by atoms with Gasteiger partial charge < -0.3 is 5.32 Å². The Balaban J connectivity index is 2.83. The fourth-order valence-electron chi connectivity index (χ4n) is 1.45. The van der Waals surface area contributed by atoms with Gasteiger partial charge >= 0.3 is 0 Å². The lowest BCUT2D eigenvalue weighted by atomic mass is 10.0. The Morgan fingerprint density at radius 1 is 1.47 bits per heavy atom. The molecule has 0 unspecified atom stereocenters. The molecule has 1 rings (SSSR count). The van der Waals surface area contributed by atoms with Crippen LogP contribution in [0.25, 0.3) is 0 Å². The highest BCUT2D eigenvalue weighted by Gasteiger charge is 2.04. The van der Waals surface area contributed by atoms with Crippen molar-refractivity contribution >= 4 is 27.5 Å². The number of anilines is 1. The van der Waals surface area contributed by atoms with Crippen LogP contribution >= 0.6 is 15.9 Å². The highest BCUT2D eigenvalue weighted by atomic mass is 79.9. The largest absolute Gasteiger partial charge is 0.325 e. The Morgan fingerprint density at radius 2 is 2.13 bits per heavy atom. The molecular weight excluding hydrogens is 254 g/mol. The van der Waals surface area contributed by atoms with Crippen molar-refractivity contribution < 1.29 is 4.79 Å². The lowest BCUT2D eigenvalue weighted by molar-refractivity contribution is -0.114. The zero-order valence-electron chi connectivity index (χ0n) is 9.30. The summed E-state index contributed by atoms with van der Waals surface area (Å²) in [5, 5.41) is 2.77. The Morgan fingerprint density at radius 3 is 2.60 bits per heavy atom. The molecular formula is C12H16BrNO. The van der Waals surface area contributed by atoms with Crippen LogP contribution in [0.3, 0.4) is 0 Å². The van der Waals surface area contributed by atoms with Crippen LogP contribution < -0.4 is 5.32 Å². The maximum absolute atomic E-state index is 10.9. The predicted molar refractivity (Wildman–Crippen MR) is 67.0 cm³/mol. The van der Waals surface area contributed by atoms with Gasteiger partial charge in [0.15, 0.2) is 0 Å². The lowest BCUT2D eigenvalue weighted by Crippen LogP contribution is -2.06. The average molecular weight is 270 g/mol. The standard InChI is InChI=1S/C12H16BrNO/c1-8(2)6-10-4-5-12(11(13)7-10)14-9(3)15/h4-5,7-8H,6H2,1-3H3,(H,14,15). The van der Waals surface area contributed by atoms with Gasteiger partial charge in [-0.25, -0.2) is 0 Å². The van der Waals surface area contributed by atoms with Crippen molar-refractivity contribution in [1.29, 1.82) is 0 Å². The zero-order chi connectivity index (χ0) is 11.4. The molecule has 0 atom stereocenters. The van der Waals surface area contributed by atoms with E-state index in [0.29, 0.717) is 5.92 Å². The number of hydrogen-bond donors (Lipinski definition) is 1. The predicted octanol–water partition coefficient (Wildman–Crippen LogP) is 3.61. The molecule has 2 nitrogen and oxygen atoms in total. The van der Waals surface area contributed by atoms with E-state index < -0.39 is 0 Å². The molecule has 1 amide bonds. The molecule has 0 saturated carbocycles. The molecule has 1 aromatic rings. The van der Waals surface area contributed by atoms with Crippen LogP contribution in [-0.2, 0) is 11.2 Å². The van der Waals surface area contributed by atoms with Crippen LogP contribution in [0.1, 0.15) is 26.3 Å². The van der Waals surface area contributed by atoms with Gasteiger partial charge in [0.05, 0.1) is 5.69 Å². The van der Waals surface area contributed by atoms with Crippen LogP contribution in [0.5, 0.6) is 0 Å². The van der Waals surface area contributed by atoms with Crippen LogP contribution in [0.2, 0.25) is 0 Å². The van der Waals surface area contributed by atoms with E-state index in [1.165, 1.54) is 12.5 Å². The van der Waals surface area contributed by atoms with Gasteiger partial charge in [-0.05, 0) is 46.0 Å². The third-order valence-corrected chi connectivity index (χ3v) is 2.64. The molecule has 15 heavy (non-hydrogen) atoms. The van der Waals surface area contributed by atoms with E-state index in [4.69, 9.17) is 0 Å². The number of benzene rings is 1. The highest BCUT2D eigenvalue weighted by molar-refractivity contribution is 9.10. The van der Waals surface area contributed by atoms with E-state index in [1.807, 2.05) is 6.07 Å². The minimum Gasteiger partial charge on any atom is -0.325 e. The summed E-state index contributed by atoms with van der Waals surface area (Å²) in [6.07, 6.45) is 1.05. The van der Waals surface area contributed by atoms with Crippen molar-refractivity contribution in [3.63, 3.8) is 0 Å². The summed E-state index contributed by atoms with van der Waals surface area (Å²) in [7, 11) is 0. The number of halogens is 1. The molecule has 0 aliphatic carbocycles. The molecule has 82 valence electrons. The van der Waals surface area contributed by atoms with E-state index in [-0.39, 0.29) is 5.91 Å². The first-order valence-corrected chi connectivity index (χ1v) is 5.84. The summed E-state index contributed by atoms with van der Waals surface area (Å²) < 4.78 is 0.941. The summed E-state index contributed by atoms with van der Waals surface area (Å²) in [6, 6.07) is 6.05. The molecule has 0 aliphatic heterocycles. The number of hydrogen-bond acceptors (Lipinski definition) is 1. The van der Waals surface area contributed by atoms with E-state index in [1.54, 1.807) is 0 Å². The maximum atomic E-state index is 10.9. The Hall–Kier alpha value is -0.830. The van der Waals surface area contributed by atoms with Crippen LogP contribution in [-0.4, -0.2) is 5.91 Å². The minimum atomic E-state index is -0.0488. The van der Waals surface area contributed by atoms with Gasteiger partial charge in [-0.15, -0.1) is 0 Å². The van der Waals surface area contributed by atoms with Gasteiger partial charge in [0.2, 0.25) is 5.91 Å². The van der Waals surface area contributed by atoms with Gasteiger partial charge in [0, 0.05) is 11.4 Å². The molecule has 0 spiro atoms. The van der Waals surface area contributed by atoms with Crippen molar-refractivity contribution in [2.24, 2.45) is 5.92 Å². The van der Waals surface area contributed by atoms with Crippen molar-refractivity contribution in [2.45, 2.75) is 27.2 Å². The summed E-state index contributed by atoms with van der Waals surface area (Å²) in [5.74, 6) is 0.593. The number of amides is 1. The summed E-state index contributed by atoms with van der Waals surface area (Å²) in [5.41, 5.74) is 2.11. The number of carbonyl (C=O) groups is 1. The Kier molecular flexibility index (Phi) is 4.33. The number of rotatable bonds is 3. The maximum Gasteiger partial charge on any atom is 0.221 e. The van der Waals surface area contributed by atoms with Crippen LogP contribution in [0, 0.1) is 5.92 Å². The smallest absolute Gasteiger partial charge is 0.221 e. The molecule has 0 radical (unpaired) electrons. The molecule has 0 fully saturated rings. The second-order valence-electron chi connectivity index (χ2n) is 4.09. The first kappa shape index (κ1) is 12.2. The van der Waals surface area contributed by atoms with E-state index >= 15 is 0 Å². The second kappa shape index (κ2) is 5.31. The molecule has 0 saturated heterocycles. The van der Waals surface area contributed by atoms with Gasteiger partial charge in [0.25, 0.3) is 0 Å². The fraction of sp³-hybridized carbons (Fsp3) is 0.417. The zero-order valence-corrected chi connectivity index (χ0v) is 10.9. The van der Waals surface area contributed by atoms with Crippen molar-refractivity contribution in [3.05, 3.63) is 28.2 Å². The lowest BCUT2D eigenvalue weighted by Gasteiger charge is -2.09. The third kappa shape index (κ3) is 4.04. The van der Waals surface area contributed by atoms with E-state index in [0.717, 1.165) is 16.6 Å². The molecule has 3 heteroatoms. The molecule has 0 bridgehead atoms. The van der Waals surface area contributed by atoms with Gasteiger partial charge in [-0.1, -0.05) is 19.9 Å². The van der Waals surface area contributed by atoms with E-state index in [9.17, 15) is 4.79 Å². The topological polar surface area (TPSA) is 29.1 Å². The number of nitrogens with one attached hydrogen (secondary N) is 1. The SMILES string of the molecule is CC(=O)Nc1ccc(CC(C)C)cc1Br. The van der Waals surface area contributed by atoms with Crippen molar-refractivity contribution in [1.82, 2.24) is 0 Å². The minimum absolute atomic E-state index is 0.0488. The highest BCUT2D eigenvalue weighted by Crippen LogP contribution is 2.24. The Labute approximate surface area is 99.2 Å². The Bertz CT molecular complexity index is 361. The van der Waals surface area contributed by atoms with Crippen LogP contribution in [0.15, 0.2) is 22.7 Å². The van der Waals surface area contributed by atoms with Gasteiger partial charge in [0.1, 0.15) is 0 Å². The molecule has 1 aromatic carbocycles. The fourth-order valence-corrected chi connectivity index (χ4v) is 1.97. The van der Waals surface area contributed by atoms with Gasteiger partial charge in [-0.2, -0.15) is 0 Å². The average Bonchev–Trinajstić information content (AvgIpc) is 2.08. The van der Waals surface area contributed by atoms with Gasteiger partial charge in [-0.3, -0.25) is 4.79 Å². The summed E-state index contributed by atoms with van der Waals surface area (Å²) >= 11 is 3.45. The quantitative estimate of drug-likeness (QED) is 0.893. The van der Waals surface area contributed by atoms with E-state index in [2.05, 4.69) is 47.2 Å². The first-order valence-electron chi connectivity index (χ1n) is 5.05. The summed E-state index contributed by atoms with van der Waals surface area (Å²) in [6.45, 7) is 5.89. The molecule has 0 aromatic heterocycles. The molecule has 0 aliphatic rings. The monoisotopic (exact) mass is 269 g/mol. The molecule has 1 N–H and O–H groups in total. The number of carbonyl (C=O) groups excluding carboxylic acids is 1. The third-order valence-electron chi connectivity index (χ3n) is 1.99. The van der Waals surface area contributed by atoms with Crippen LogP contribution in [0.4, 0.5) is 5.69 Å².